The highest BCUT2D eigenvalue weighted by Gasteiger charge is 2.09. The van der Waals surface area contributed by atoms with Crippen molar-refractivity contribution in [3.05, 3.63) is 78.1 Å². The molecular formula is C22H19N5O2S2. The van der Waals surface area contributed by atoms with Crippen LogP contribution < -0.4 is 10.6 Å². The molecule has 156 valence electrons. The van der Waals surface area contributed by atoms with E-state index in [2.05, 4.69) is 20.6 Å². The van der Waals surface area contributed by atoms with E-state index in [4.69, 9.17) is 0 Å². The quantitative estimate of drug-likeness (QED) is 0.405. The number of nitrogens with one attached hydrogen (secondary N) is 2. The van der Waals surface area contributed by atoms with Crippen LogP contribution >= 0.6 is 23.1 Å². The summed E-state index contributed by atoms with van der Waals surface area (Å²) >= 11 is 2.93. The van der Waals surface area contributed by atoms with Crippen molar-refractivity contribution in [2.45, 2.75) is 5.16 Å². The summed E-state index contributed by atoms with van der Waals surface area (Å²) in [5, 5.41) is 9.35. The summed E-state index contributed by atoms with van der Waals surface area (Å²) in [6.45, 7) is 0. The molecule has 0 saturated carbocycles. The molecule has 0 bridgehead atoms. The maximum Gasteiger partial charge on any atom is 0.255 e. The van der Waals surface area contributed by atoms with Crippen molar-refractivity contribution >= 4 is 46.3 Å². The van der Waals surface area contributed by atoms with E-state index in [9.17, 15) is 9.59 Å². The van der Waals surface area contributed by atoms with Crippen LogP contribution in [0.3, 0.4) is 0 Å². The molecule has 2 N–H and O–H groups in total. The minimum atomic E-state index is -0.217. The summed E-state index contributed by atoms with van der Waals surface area (Å²) in [5.74, 6) is -0.0971. The molecule has 2 aromatic carbocycles. The highest BCUT2D eigenvalue weighted by molar-refractivity contribution is 7.99. The van der Waals surface area contributed by atoms with Crippen LogP contribution in [0.1, 0.15) is 10.4 Å². The number of hydrogen-bond acceptors (Lipinski definition) is 6. The van der Waals surface area contributed by atoms with Gasteiger partial charge in [0.05, 0.1) is 5.75 Å². The Kier molecular flexibility index (Phi) is 6.44. The van der Waals surface area contributed by atoms with Crippen molar-refractivity contribution in [2.24, 2.45) is 7.05 Å². The highest BCUT2D eigenvalue weighted by atomic mass is 32.2. The summed E-state index contributed by atoms with van der Waals surface area (Å²) < 4.78 is 1.86. The van der Waals surface area contributed by atoms with Crippen LogP contribution in [0.15, 0.2) is 77.7 Å². The number of aryl methyl sites for hydroxylation is 1. The molecule has 7 nitrogen and oxygen atoms in total. The van der Waals surface area contributed by atoms with E-state index in [1.165, 1.54) is 11.8 Å². The van der Waals surface area contributed by atoms with E-state index in [1.807, 2.05) is 47.5 Å². The van der Waals surface area contributed by atoms with Gasteiger partial charge in [-0.05, 0) is 48.5 Å². The number of benzene rings is 2. The Hall–Kier alpha value is -3.43. The predicted molar refractivity (Wildman–Crippen MR) is 125 cm³/mol. The number of anilines is 2. The second-order valence-electron chi connectivity index (χ2n) is 6.60. The molecule has 4 aromatic rings. The van der Waals surface area contributed by atoms with Crippen molar-refractivity contribution in [3.8, 4) is 10.6 Å². The lowest BCUT2D eigenvalue weighted by molar-refractivity contribution is -0.113. The van der Waals surface area contributed by atoms with Gasteiger partial charge in [0.2, 0.25) is 5.91 Å². The van der Waals surface area contributed by atoms with Crippen LogP contribution in [0.2, 0.25) is 0 Å². The van der Waals surface area contributed by atoms with Crippen LogP contribution in [0.4, 0.5) is 11.4 Å². The third kappa shape index (κ3) is 5.39. The molecule has 0 atom stereocenters. The van der Waals surface area contributed by atoms with Gasteiger partial charge in [-0.15, -0.1) is 11.3 Å². The first kappa shape index (κ1) is 20.8. The first-order valence-corrected chi connectivity index (χ1v) is 11.3. The number of carbonyl (C=O) groups is 2. The lowest BCUT2D eigenvalue weighted by atomic mass is 10.1. The molecule has 2 heterocycles. The summed E-state index contributed by atoms with van der Waals surface area (Å²) in [7, 11) is 1.88. The van der Waals surface area contributed by atoms with Crippen molar-refractivity contribution in [1.29, 1.82) is 0 Å². The maximum absolute atomic E-state index is 12.5. The Morgan fingerprint density at radius 1 is 0.968 bits per heavy atom. The topological polar surface area (TPSA) is 88.9 Å². The smallest absolute Gasteiger partial charge is 0.255 e. The Balaban J connectivity index is 1.30. The zero-order valence-electron chi connectivity index (χ0n) is 16.6. The summed E-state index contributed by atoms with van der Waals surface area (Å²) in [6, 6.07) is 14.3. The molecule has 0 radical (unpaired) electrons. The number of thioether (sulfide) groups is 1. The Labute approximate surface area is 187 Å². The van der Waals surface area contributed by atoms with Gasteiger partial charge >= 0.3 is 0 Å². The van der Waals surface area contributed by atoms with Gasteiger partial charge in [-0.3, -0.25) is 9.59 Å². The second-order valence-corrected chi connectivity index (χ2v) is 8.44. The van der Waals surface area contributed by atoms with Crippen molar-refractivity contribution in [3.63, 3.8) is 0 Å². The zero-order chi connectivity index (χ0) is 21.6. The number of amides is 2. The first-order chi connectivity index (χ1) is 15.1. The average molecular weight is 450 g/mol. The van der Waals surface area contributed by atoms with Crippen LogP contribution in [0.5, 0.6) is 0 Å². The van der Waals surface area contributed by atoms with Crippen molar-refractivity contribution < 1.29 is 9.59 Å². The number of nitrogens with zero attached hydrogens (tertiary/aromatic N) is 3. The number of thiazole rings is 1. The van der Waals surface area contributed by atoms with E-state index in [0.29, 0.717) is 16.9 Å². The van der Waals surface area contributed by atoms with Crippen LogP contribution in [-0.4, -0.2) is 32.1 Å². The fraction of sp³-hybridized carbons (Fsp3) is 0.0909. The third-order valence-corrected chi connectivity index (χ3v) is 6.24. The Morgan fingerprint density at radius 2 is 1.68 bits per heavy atom. The number of aromatic nitrogens is 3. The SMILES string of the molecule is Cn1ccnc1SCC(=O)Nc1ccc(C(=O)Nc2ccc(-c3nccs3)cc2)cc1. The summed E-state index contributed by atoms with van der Waals surface area (Å²) in [4.78, 5) is 33.1. The Morgan fingerprint density at radius 3 is 2.32 bits per heavy atom. The monoisotopic (exact) mass is 449 g/mol. The molecular weight excluding hydrogens is 430 g/mol. The molecule has 0 aliphatic carbocycles. The van der Waals surface area contributed by atoms with Gasteiger partial charge in [0.15, 0.2) is 5.16 Å². The fourth-order valence-corrected chi connectivity index (χ4v) is 4.17. The predicted octanol–water partition coefficient (Wildman–Crippen LogP) is 4.53. The molecule has 0 aliphatic rings. The van der Waals surface area contributed by atoms with Gasteiger partial charge in [-0.2, -0.15) is 0 Å². The molecule has 0 spiro atoms. The van der Waals surface area contributed by atoms with Gasteiger partial charge in [0.25, 0.3) is 5.91 Å². The summed E-state index contributed by atoms with van der Waals surface area (Å²) in [6.07, 6.45) is 5.29. The van der Waals surface area contributed by atoms with E-state index >= 15 is 0 Å². The van der Waals surface area contributed by atoms with Gasteiger partial charge in [-0.1, -0.05) is 11.8 Å². The standard InChI is InChI=1S/C22H19N5O2S2/c1-27-12-10-24-22(27)31-14-19(28)25-17-6-2-15(3-7-17)20(29)26-18-8-4-16(5-9-18)21-23-11-13-30-21/h2-13H,14H2,1H3,(H,25,28)(H,26,29). The lowest BCUT2D eigenvalue weighted by Crippen LogP contribution is -2.15. The van der Waals surface area contributed by atoms with Crippen molar-refractivity contribution in [2.75, 3.05) is 16.4 Å². The van der Waals surface area contributed by atoms with Crippen LogP contribution in [0, 0.1) is 0 Å². The van der Waals surface area contributed by atoms with E-state index in [-0.39, 0.29) is 17.6 Å². The van der Waals surface area contributed by atoms with Crippen LogP contribution in [-0.2, 0) is 11.8 Å². The number of rotatable bonds is 7. The lowest BCUT2D eigenvalue weighted by Gasteiger charge is -2.08. The molecule has 0 aliphatic heterocycles. The average Bonchev–Trinajstić information content (AvgIpc) is 3.45. The minimum Gasteiger partial charge on any atom is -0.329 e. The van der Waals surface area contributed by atoms with Gasteiger partial charge in [-0.25, -0.2) is 9.97 Å². The summed E-state index contributed by atoms with van der Waals surface area (Å²) in [5.41, 5.74) is 2.85. The zero-order valence-corrected chi connectivity index (χ0v) is 18.2. The van der Waals surface area contributed by atoms with Crippen molar-refractivity contribution in [1.82, 2.24) is 14.5 Å². The third-order valence-electron chi connectivity index (χ3n) is 4.36. The first-order valence-electron chi connectivity index (χ1n) is 9.40. The number of carbonyl (C=O) groups excluding carboxylic acids is 2. The molecule has 9 heteroatoms. The van der Waals surface area contributed by atoms with E-state index in [0.717, 1.165) is 15.7 Å². The second kappa shape index (κ2) is 9.59. The molecule has 0 saturated heterocycles. The van der Waals surface area contributed by atoms with E-state index < -0.39 is 0 Å². The Bertz CT molecular complexity index is 1170. The largest absolute Gasteiger partial charge is 0.329 e. The van der Waals surface area contributed by atoms with Gasteiger partial charge in [0.1, 0.15) is 5.01 Å². The molecule has 2 amide bonds. The number of imidazole rings is 1. The molecule has 4 rings (SSSR count). The molecule has 0 unspecified atom stereocenters. The van der Waals surface area contributed by atoms with E-state index in [1.54, 1.807) is 48.0 Å². The molecule has 0 fully saturated rings. The maximum atomic E-state index is 12.5. The fourth-order valence-electron chi connectivity index (χ4n) is 2.79. The normalized spacial score (nSPS) is 10.6. The molecule has 31 heavy (non-hydrogen) atoms. The minimum absolute atomic E-state index is 0.134. The van der Waals surface area contributed by atoms with Crippen LogP contribution in [0.25, 0.3) is 10.6 Å². The van der Waals surface area contributed by atoms with Gasteiger partial charge in [0, 0.05) is 53.5 Å². The van der Waals surface area contributed by atoms with Gasteiger partial charge < -0.3 is 15.2 Å². The molecule has 2 aromatic heterocycles. The number of hydrogen-bond donors (Lipinski definition) is 2. The highest BCUT2D eigenvalue weighted by Crippen LogP contribution is 2.23.